The quantitative estimate of drug-likeness (QED) is 0.680. The molecule has 0 spiro atoms. The highest BCUT2D eigenvalue weighted by Gasteiger charge is 2.20. The summed E-state index contributed by atoms with van der Waals surface area (Å²) in [4.78, 5) is 24.7. The van der Waals surface area contributed by atoms with Crippen molar-refractivity contribution < 1.29 is 18.7 Å². The molecule has 0 radical (unpaired) electrons. The third-order valence-corrected chi connectivity index (χ3v) is 4.76. The SMILES string of the molecule is O=C(NC[C@H]1CCc2ccccc2O1)c1cc(F)cc(NC(=O)c2ccnnc2)c1. The van der Waals surface area contributed by atoms with Crippen molar-refractivity contribution in [2.24, 2.45) is 0 Å². The van der Waals surface area contributed by atoms with Crippen LogP contribution in [-0.2, 0) is 6.42 Å². The Labute approximate surface area is 172 Å². The number of rotatable bonds is 5. The smallest absolute Gasteiger partial charge is 0.257 e. The number of carbonyl (C=O) groups excluding carboxylic acids is 2. The van der Waals surface area contributed by atoms with Gasteiger partial charge in [-0.2, -0.15) is 10.2 Å². The van der Waals surface area contributed by atoms with E-state index >= 15 is 0 Å². The largest absolute Gasteiger partial charge is 0.488 e. The van der Waals surface area contributed by atoms with Crippen molar-refractivity contribution in [3.05, 3.63) is 83.4 Å². The lowest BCUT2D eigenvalue weighted by Crippen LogP contribution is -2.37. The number of ether oxygens (including phenoxy) is 1. The molecule has 0 saturated carbocycles. The summed E-state index contributed by atoms with van der Waals surface area (Å²) in [5.74, 6) is -0.729. The number of halogens is 1. The fraction of sp³-hybridized carbons (Fsp3) is 0.182. The minimum Gasteiger partial charge on any atom is -0.488 e. The molecular formula is C22H19FN4O3. The van der Waals surface area contributed by atoms with Gasteiger partial charge in [-0.1, -0.05) is 18.2 Å². The molecule has 30 heavy (non-hydrogen) atoms. The first-order valence-electron chi connectivity index (χ1n) is 9.50. The number of hydrogen-bond acceptors (Lipinski definition) is 5. The molecule has 0 saturated heterocycles. The first kappa shape index (κ1) is 19.5. The molecule has 0 fully saturated rings. The molecule has 2 N–H and O–H groups in total. The van der Waals surface area contributed by atoms with Crippen LogP contribution < -0.4 is 15.4 Å². The Morgan fingerprint density at radius 1 is 1.07 bits per heavy atom. The van der Waals surface area contributed by atoms with Gasteiger partial charge in [0.2, 0.25) is 0 Å². The minimum absolute atomic E-state index is 0.106. The van der Waals surface area contributed by atoms with E-state index in [9.17, 15) is 14.0 Å². The molecule has 0 unspecified atom stereocenters. The summed E-state index contributed by atoms with van der Waals surface area (Å²) in [5.41, 5.74) is 1.70. The summed E-state index contributed by atoms with van der Waals surface area (Å²) in [7, 11) is 0. The lowest BCUT2D eigenvalue weighted by molar-refractivity contribution is 0.0917. The van der Waals surface area contributed by atoms with Crippen molar-refractivity contribution in [3.8, 4) is 5.75 Å². The number of anilines is 1. The molecule has 0 aliphatic carbocycles. The van der Waals surface area contributed by atoms with E-state index in [4.69, 9.17) is 4.74 Å². The van der Waals surface area contributed by atoms with Gasteiger partial charge >= 0.3 is 0 Å². The molecule has 8 heteroatoms. The number of para-hydroxylation sites is 1. The molecule has 0 bridgehead atoms. The van der Waals surface area contributed by atoms with Crippen LogP contribution in [0.4, 0.5) is 10.1 Å². The molecule has 152 valence electrons. The topological polar surface area (TPSA) is 93.2 Å². The fourth-order valence-electron chi connectivity index (χ4n) is 3.25. The zero-order valence-electron chi connectivity index (χ0n) is 16.0. The van der Waals surface area contributed by atoms with Crippen molar-refractivity contribution in [2.45, 2.75) is 18.9 Å². The van der Waals surface area contributed by atoms with E-state index in [0.29, 0.717) is 6.54 Å². The predicted molar refractivity (Wildman–Crippen MR) is 108 cm³/mol. The Balaban J connectivity index is 1.39. The molecule has 1 aliphatic heterocycles. The Morgan fingerprint density at radius 3 is 2.77 bits per heavy atom. The number of fused-ring (bicyclic) bond motifs is 1. The van der Waals surface area contributed by atoms with Crippen molar-refractivity contribution in [1.82, 2.24) is 15.5 Å². The van der Waals surface area contributed by atoms with Crippen LogP contribution in [0.15, 0.2) is 60.9 Å². The van der Waals surface area contributed by atoms with Gasteiger partial charge in [-0.25, -0.2) is 4.39 Å². The van der Waals surface area contributed by atoms with Gasteiger partial charge in [0.05, 0.1) is 24.5 Å². The van der Waals surface area contributed by atoms with Crippen molar-refractivity contribution in [2.75, 3.05) is 11.9 Å². The summed E-state index contributed by atoms with van der Waals surface area (Å²) >= 11 is 0. The molecule has 1 aliphatic rings. The second kappa shape index (κ2) is 8.69. The van der Waals surface area contributed by atoms with Crippen LogP contribution in [0.1, 0.15) is 32.7 Å². The van der Waals surface area contributed by atoms with Crippen LogP contribution in [0.5, 0.6) is 5.75 Å². The third-order valence-electron chi connectivity index (χ3n) is 4.76. The molecule has 1 aromatic heterocycles. The van der Waals surface area contributed by atoms with Crippen LogP contribution in [0, 0.1) is 5.82 Å². The normalized spacial score (nSPS) is 14.9. The summed E-state index contributed by atoms with van der Waals surface area (Å²) < 4.78 is 19.9. The number of amides is 2. The van der Waals surface area contributed by atoms with Gasteiger partial charge in [0.15, 0.2) is 0 Å². The van der Waals surface area contributed by atoms with Gasteiger partial charge in [0.1, 0.15) is 17.7 Å². The van der Waals surface area contributed by atoms with Crippen LogP contribution in [0.2, 0.25) is 0 Å². The van der Waals surface area contributed by atoms with E-state index < -0.39 is 17.6 Å². The van der Waals surface area contributed by atoms with E-state index in [0.717, 1.165) is 36.3 Å². The third kappa shape index (κ3) is 4.60. The molecule has 1 atom stereocenters. The Hall–Kier alpha value is -3.81. The van der Waals surface area contributed by atoms with Crippen molar-refractivity contribution in [1.29, 1.82) is 0 Å². The second-order valence-corrected chi connectivity index (χ2v) is 6.91. The highest BCUT2D eigenvalue weighted by atomic mass is 19.1. The van der Waals surface area contributed by atoms with Gasteiger partial charge in [-0.3, -0.25) is 9.59 Å². The van der Waals surface area contributed by atoms with Gasteiger partial charge < -0.3 is 15.4 Å². The number of aromatic nitrogens is 2. The van der Waals surface area contributed by atoms with Crippen LogP contribution >= 0.6 is 0 Å². The number of benzene rings is 2. The van der Waals surface area contributed by atoms with Gasteiger partial charge in [-0.05, 0) is 48.7 Å². The Morgan fingerprint density at radius 2 is 1.93 bits per heavy atom. The highest BCUT2D eigenvalue weighted by Crippen LogP contribution is 2.26. The van der Waals surface area contributed by atoms with E-state index in [1.165, 1.54) is 24.5 Å². The van der Waals surface area contributed by atoms with Crippen molar-refractivity contribution in [3.63, 3.8) is 0 Å². The maximum atomic E-state index is 14.0. The minimum atomic E-state index is -0.631. The van der Waals surface area contributed by atoms with Crippen LogP contribution in [0.3, 0.4) is 0 Å². The fourth-order valence-corrected chi connectivity index (χ4v) is 3.25. The molecule has 2 aromatic carbocycles. The number of hydrogen-bond donors (Lipinski definition) is 2. The number of nitrogens with zero attached hydrogens (tertiary/aromatic N) is 2. The van der Waals surface area contributed by atoms with Crippen LogP contribution in [0.25, 0.3) is 0 Å². The first-order valence-corrected chi connectivity index (χ1v) is 9.50. The average molecular weight is 406 g/mol. The first-order chi connectivity index (χ1) is 14.6. The molecule has 2 amide bonds. The summed E-state index contributed by atoms with van der Waals surface area (Å²) in [6, 6.07) is 13.0. The number of nitrogens with one attached hydrogen (secondary N) is 2. The van der Waals surface area contributed by atoms with Gasteiger partial charge in [0.25, 0.3) is 11.8 Å². The average Bonchev–Trinajstić information content (AvgIpc) is 2.77. The molecule has 3 aromatic rings. The summed E-state index contributed by atoms with van der Waals surface area (Å²) in [6.45, 7) is 0.300. The second-order valence-electron chi connectivity index (χ2n) is 6.91. The Kier molecular flexibility index (Phi) is 5.65. The van der Waals surface area contributed by atoms with Crippen LogP contribution in [-0.4, -0.2) is 34.7 Å². The van der Waals surface area contributed by atoms with Gasteiger partial charge in [-0.15, -0.1) is 0 Å². The predicted octanol–water partition coefficient (Wildman–Crippen LogP) is 2.99. The zero-order valence-corrected chi connectivity index (χ0v) is 16.0. The Bertz CT molecular complexity index is 1070. The van der Waals surface area contributed by atoms with Gasteiger partial charge in [0, 0.05) is 11.3 Å². The van der Waals surface area contributed by atoms with E-state index in [1.54, 1.807) is 0 Å². The van der Waals surface area contributed by atoms with E-state index in [1.807, 2.05) is 24.3 Å². The summed E-state index contributed by atoms with van der Waals surface area (Å²) in [6.07, 6.45) is 4.17. The standard InChI is InChI=1S/C22H19FN4O3/c23-17-9-16(10-18(11-17)27-22(29)15-7-8-25-26-12-15)21(28)24-13-19-6-5-14-3-1-2-4-20(14)30-19/h1-4,7-12,19H,5-6,13H2,(H,24,28)(H,27,29)/t19-/m1/s1. The van der Waals surface area contributed by atoms with E-state index in [2.05, 4.69) is 20.8 Å². The molecule has 2 heterocycles. The molecular weight excluding hydrogens is 387 g/mol. The molecule has 7 nitrogen and oxygen atoms in total. The van der Waals surface area contributed by atoms with E-state index in [-0.39, 0.29) is 22.9 Å². The maximum absolute atomic E-state index is 14.0. The summed E-state index contributed by atoms with van der Waals surface area (Å²) in [5, 5.41) is 12.6. The lowest BCUT2D eigenvalue weighted by atomic mass is 10.0. The number of aryl methyl sites for hydroxylation is 1. The maximum Gasteiger partial charge on any atom is 0.257 e. The van der Waals surface area contributed by atoms with Crippen molar-refractivity contribution >= 4 is 17.5 Å². The monoisotopic (exact) mass is 406 g/mol. The molecule has 4 rings (SSSR count). The zero-order chi connectivity index (χ0) is 20.9. The highest BCUT2D eigenvalue weighted by molar-refractivity contribution is 6.04. The lowest BCUT2D eigenvalue weighted by Gasteiger charge is -2.26. The number of carbonyl (C=O) groups is 2.